The number of aromatic amines is 1. The third-order valence-corrected chi connectivity index (χ3v) is 3.84. The Labute approximate surface area is 104 Å². The smallest absolute Gasteiger partial charge is 0.260 e. The third kappa shape index (κ3) is 2.12. The molecule has 0 amide bonds. The van der Waals surface area contributed by atoms with Gasteiger partial charge in [-0.25, -0.2) is 18.1 Å². The number of nitrogens with zero attached hydrogens (tertiary/aromatic N) is 2. The van der Waals surface area contributed by atoms with Gasteiger partial charge in [0.15, 0.2) is 11.3 Å². The van der Waals surface area contributed by atoms with Crippen LogP contribution in [-0.4, -0.2) is 35.9 Å². The summed E-state index contributed by atoms with van der Waals surface area (Å²) in [5, 5.41) is 6.54. The first-order chi connectivity index (χ1) is 8.45. The van der Waals surface area contributed by atoms with Gasteiger partial charge >= 0.3 is 0 Å². The van der Waals surface area contributed by atoms with Crippen molar-refractivity contribution in [2.45, 2.75) is 24.9 Å². The highest BCUT2D eigenvalue weighted by molar-refractivity contribution is 7.89. The fourth-order valence-electron chi connectivity index (χ4n) is 1.60. The summed E-state index contributed by atoms with van der Waals surface area (Å²) in [5.74, 6) is 0. The van der Waals surface area contributed by atoms with Crippen molar-refractivity contribution >= 4 is 27.2 Å². The van der Waals surface area contributed by atoms with Crippen LogP contribution in [0.4, 0.5) is 0 Å². The van der Waals surface area contributed by atoms with Gasteiger partial charge in [0.1, 0.15) is 11.2 Å². The Balaban J connectivity index is 2.65. The molecule has 18 heavy (non-hydrogen) atoms. The minimum atomic E-state index is -3.73. The van der Waals surface area contributed by atoms with Crippen molar-refractivity contribution in [2.24, 2.45) is 0 Å². The minimum Gasteiger partial charge on any atom is -0.296 e. The molecular formula is C10H12N4O3S. The number of carbonyl (C=O) groups is 1. The second kappa shape index (κ2) is 4.46. The maximum absolute atomic E-state index is 12.0. The first-order valence-electron chi connectivity index (χ1n) is 5.26. The van der Waals surface area contributed by atoms with Gasteiger partial charge in [-0.15, -0.1) is 0 Å². The molecule has 7 nitrogen and oxygen atoms in total. The van der Waals surface area contributed by atoms with Crippen molar-refractivity contribution in [2.75, 3.05) is 0 Å². The summed E-state index contributed by atoms with van der Waals surface area (Å²) < 4.78 is 26.5. The molecule has 0 atom stereocenters. The van der Waals surface area contributed by atoms with E-state index >= 15 is 0 Å². The van der Waals surface area contributed by atoms with Crippen molar-refractivity contribution in [1.29, 1.82) is 0 Å². The number of rotatable bonds is 4. The Kier molecular flexibility index (Phi) is 3.14. The van der Waals surface area contributed by atoms with Gasteiger partial charge in [0.25, 0.3) is 10.0 Å². The van der Waals surface area contributed by atoms with Crippen molar-refractivity contribution < 1.29 is 13.2 Å². The molecule has 0 fully saturated rings. The molecule has 0 radical (unpaired) electrons. The van der Waals surface area contributed by atoms with Crippen LogP contribution in [0.15, 0.2) is 17.3 Å². The Morgan fingerprint density at radius 3 is 2.78 bits per heavy atom. The summed E-state index contributed by atoms with van der Waals surface area (Å²) in [6.45, 7) is 3.42. The summed E-state index contributed by atoms with van der Waals surface area (Å²) >= 11 is 0. The average Bonchev–Trinajstić information content (AvgIpc) is 2.69. The second-order valence-electron chi connectivity index (χ2n) is 4.04. The fraction of sp³-hybridized carbons (Fsp3) is 0.300. The van der Waals surface area contributed by atoms with E-state index in [-0.39, 0.29) is 22.3 Å². The molecule has 0 aliphatic rings. The molecule has 8 heteroatoms. The SMILES string of the molecule is CC(C)NS(=O)(=O)c1nccc2c(C=O)n[nH]c12. The van der Waals surface area contributed by atoms with Crippen LogP contribution in [0, 0.1) is 0 Å². The molecule has 2 aromatic rings. The number of H-pyrrole nitrogens is 1. The number of sulfonamides is 1. The number of aldehydes is 1. The summed E-state index contributed by atoms with van der Waals surface area (Å²) in [4.78, 5) is 14.6. The first-order valence-corrected chi connectivity index (χ1v) is 6.74. The molecule has 0 unspecified atom stereocenters. The van der Waals surface area contributed by atoms with Gasteiger partial charge in [-0.05, 0) is 19.9 Å². The van der Waals surface area contributed by atoms with Gasteiger partial charge in [0.05, 0.1) is 0 Å². The van der Waals surface area contributed by atoms with E-state index < -0.39 is 10.0 Å². The zero-order chi connectivity index (χ0) is 13.3. The monoisotopic (exact) mass is 268 g/mol. The summed E-state index contributed by atoms with van der Waals surface area (Å²) in [7, 11) is -3.73. The van der Waals surface area contributed by atoms with Crippen molar-refractivity contribution in [3.8, 4) is 0 Å². The van der Waals surface area contributed by atoms with Crippen molar-refractivity contribution in [1.82, 2.24) is 19.9 Å². The Morgan fingerprint density at radius 1 is 1.44 bits per heavy atom. The zero-order valence-electron chi connectivity index (χ0n) is 9.84. The van der Waals surface area contributed by atoms with E-state index in [1.54, 1.807) is 13.8 Å². The quantitative estimate of drug-likeness (QED) is 0.784. The average molecular weight is 268 g/mol. The first kappa shape index (κ1) is 12.7. The number of hydrogen-bond acceptors (Lipinski definition) is 5. The summed E-state index contributed by atoms with van der Waals surface area (Å²) in [5.41, 5.74) is 0.390. The molecule has 96 valence electrons. The molecule has 0 bridgehead atoms. The van der Waals surface area contributed by atoms with Crippen LogP contribution in [0.25, 0.3) is 10.9 Å². The number of nitrogens with one attached hydrogen (secondary N) is 2. The molecule has 0 aliphatic carbocycles. The van der Waals surface area contributed by atoms with Crippen molar-refractivity contribution in [3.05, 3.63) is 18.0 Å². The fourth-order valence-corrected chi connectivity index (χ4v) is 2.96. The highest BCUT2D eigenvalue weighted by Crippen LogP contribution is 2.20. The number of hydrogen-bond donors (Lipinski definition) is 2. The topological polar surface area (TPSA) is 105 Å². The van der Waals surface area contributed by atoms with Crippen molar-refractivity contribution in [3.63, 3.8) is 0 Å². The molecule has 0 aliphatic heterocycles. The lowest BCUT2D eigenvalue weighted by atomic mass is 10.2. The molecule has 0 aromatic carbocycles. The molecule has 0 spiro atoms. The van der Waals surface area contributed by atoms with Crippen LogP contribution >= 0.6 is 0 Å². The highest BCUT2D eigenvalue weighted by atomic mass is 32.2. The van der Waals surface area contributed by atoms with Gasteiger partial charge in [-0.1, -0.05) is 0 Å². The van der Waals surface area contributed by atoms with E-state index in [4.69, 9.17) is 0 Å². The molecule has 2 aromatic heterocycles. The lowest BCUT2D eigenvalue weighted by Crippen LogP contribution is -2.31. The minimum absolute atomic E-state index is 0.158. The highest BCUT2D eigenvalue weighted by Gasteiger charge is 2.22. The van der Waals surface area contributed by atoms with Gasteiger partial charge < -0.3 is 0 Å². The van der Waals surface area contributed by atoms with E-state index in [9.17, 15) is 13.2 Å². The van der Waals surface area contributed by atoms with E-state index in [0.717, 1.165) is 0 Å². The predicted octanol–water partition coefficient (Wildman–Crippen LogP) is 0.457. The second-order valence-corrected chi connectivity index (χ2v) is 5.67. The van der Waals surface area contributed by atoms with Crippen LogP contribution in [0.3, 0.4) is 0 Å². The largest absolute Gasteiger partial charge is 0.296 e. The van der Waals surface area contributed by atoms with Crippen LogP contribution in [0.2, 0.25) is 0 Å². The standard InChI is InChI=1S/C10H12N4O3S/c1-6(2)14-18(16,17)10-9-7(3-4-11-10)8(5-15)12-13-9/h3-6,14H,1-2H3,(H,12,13). The Hall–Kier alpha value is -1.80. The number of aromatic nitrogens is 3. The van der Waals surface area contributed by atoms with E-state index in [1.165, 1.54) is 12.3 Å². The maximum atomic E-state index is 12.0. The van der Waals surface area contributed by atoms with Gasteiger partial charge in [0, 0.05) is 17.6 Å². The Bertz CT molecular complexity index is 690. The van der Waals surface area contributed by atoms with Crippen LogP contribution in [0.1, 0.15) is 24.3 Å². The van der Waals surface area contributed by atoms with E-state index in [0.29, 0.717) is 11.7 Å². The molecule has 2 rings (SSSR count). The molecule has 2 N–H and O–H groups in total. The molecular weight excluding hydrogens is 256 g/mol. The molecule has 0 saturated heterocycles. The van der Waals surface area contributed by atoms with Gasteiger partial charge in [-0.2, -0.15) is 5.10 Å². The predicted molar refractivity (Wildman–Crippen MR) is 64.7 cm³/mol. The summed E-state index contributed by atoms with van der Waals surface area (Å²) in [6, 6.07) is 1.29. The van der Waals surface area contributed by atoms with Crippen LogP contribution < -0.4 is 4.72 Å². The Morgan fingerprint density at radius 2 is 2.17 bits per heavy atom. The van der Waals surface area contributed by atoms with E-state index in [1.807, 2.05) is 0 Å². The number of carbonyl (C=O) groups excluding carboxylic acids is 1. The van der Waals surface area contributed by atoms with E-state index in [2.05, 4.69) is 19.9 Å². The maximum Gasteiger partial charge on any atom is 0.260 e. The van der Waals surface area contributed by atoms with Gasteiger partial charge in [0.2, 0.25) is 0 Å². The van der Waals surface area contributed by atoms with Crippen LogP contribution in [-0.2, 0) is 10.0 Å². The lowest BCUT2D eigenvalue weighted by Gasteiger charge is -2.08. The molecule has 0 saturated carbocycles. The van der Waals surface area contributed by atoms with Gasteiger partial charge in [-0.3, -0.25) is 9.89 Å². The molecule has 2 heterocycles. The normalized spacial score (nSPS) is 12.2. The summed E-state index contributed by atoms with van der Waals surface area (Å²) in [6.07, 6.45) is 1.89. The third-order valence-electron chi connectivity index (χ3n) is 2.24. The van der Waals surface area contributed by atoms with Crippen LogP contribution in [0.5, 0.6) is 0 Å². The zero-order valence-corrected chi connectivity index (χ0v) is 10.7. The number of fused-ring (bicyclic) bond motifs is 1. The number of pyridine rings is 1. The lowest BCUT2D eigenvalue weighted by molar-refractivity contribution is 0.112.